The summed E-state index contributed by atoms with van der Waals surface area (Å²) in [5, 5.41) is 16.7. The Kier molecular flexibility index (Phi) is 9.19. The molecular weight excluding hydrogens is 484 g/mol. The highest BCUT2D eigenvalue weighted by molar-refractivity contribution is 5.99. The average Bonchev–Trinajstić information content (AvgIpc) is 2.90. The highest BCUT2D eigenvalue weighted by Crippen LogP contribution is 2.35. The molecule has 4 rings (SSSR count). The summed E-state index contributed by atoms with van der Waals surface area (Å²) in [6.45, 7) is 11.5. The molecule has 6 heteroatoms. The van der Waals surface area contributed by atoms with Crippen LogP contribution in [0, 0.1) is 13.8 Å². The fourth-order valence-corrected chi connectivity index (χ4v) is 6.14. The summed E-state index contributed by atoms with van der Waals surface area (Å²) in [5.41, 5.74) is 8.89. The molecule has 3 N–H and O–H groups in total. The highest BCUT2D eigenvalue weighted by atomic mass is 16.3. The SMILES string of the molecule is CCN(c1cc(-c2ccc(C)cc2)cc(C(=O)NCC2=C(C)C=C(C)NC2O)c1C)C1CCC(N(C)C)CC1. The normalized spacial score (nSPS) is 21.5. The molecule has 1 aliphatic heterocycles. The molecule has 2 aromatic rings. The predicted molar refractivity (Wildman–Crippen MR) is 162 cm³/mol. The monoisotopic (exact) mass is 530 g/mol. The summed E-state index contributed by atoms with van der Waals surface area (Å²) in [6, 6.07) is 13.9. The van der Waals surface area contributed by atoms with E-state index in [9.17, 15) is 9.90 Å². The standard InChI is InChI=1S/C33H46N4O2/c1-8-37(28-15-13-27(14-16-28)36(6)7)31-19-26(25-11-9-21(2)10-12-25)18-29(24(31)5)32(38)34-20-30-22(3)17-23(4)35-33(30)39/h9-12,17-19,27-28,33,35,39H,8,13-16,20H2,1-7H3,(H,34,38). The fraction of sp³-hybridized carbons (Fsp3) is 0.485. The molecule has 39 heavy (non-hydrogen) atoms. The molecule has 0 radical (unpaired) electrons. The van der Waals surface area contributed by atoms with E-state index in [1.54, 1.807) is 0 Å². The first kappa shape index (κ1) is 28.9. The van der Waals surface area contributed by atoms with E-state index in [4.69, 9.17) is 0 Å². The maximum Gasteiger partial charge on any atom is 0.251 e. The summed E-state index contributed by atoms with van der Waals surface area (Å²) in [7, 11) is 4.36. The van der Waals surface area contributed by atoms with Crippen molar-refractivity contribution in [3.63, 3.8) is 0 Å². The average molecular weight is 531 g/mol. The first-order valence-electron chi connectivity index (χ1n) is 14.3. The smallest absolute Gasteiger partial charge is 0.251 e. The minimum Gasteiger partial charge on any atom is -0.370 e. The van der Waals surface area contributed by atoms with Crippen LogP contribution >= 0.6 is 0 Å². The van der Waals surface area contributed by atoms with Crippen molar-refractivity contribution < 1.29 is 9.90 Å². The third-order valence-electron chi connectivity index (χ3n) is 8.57. The van der Waals surface area contributed by atoms with Crippen LogP contribution in [0.25, 0.3) is 11.1 Å². The van der Waals surface area contributed by atoms with Gasteiger partial charge in [0.25, 0.3) is 5.91 Å². The van der Waals surface area contributed by atoms with Crippen molar-refractivity contribution in [3.05, 3.63) is 76.0 Å². The summed E-state index contributed by atoms with van der Waals surface area (Å²) in [6.07, 6.45) is 5.89. The van der Waals surface area contributed by atoms with Crippen molar-refractivity contribution in [2.24, 2.45) is 0 Å². The van der Waals surface area contributed by atoms with Crippen LogP contribution in [-0.4, -0.2) is 61.4 Å². The zero-order valence-electron chi connectivity index (χ0n) is 24.8. The van der Waals surface area contributed by atoms with E-state index in [0.717, 1.165) is 58.6 Å². The van der Waals surface area contributed by atoms with Gasteiger partial charge in [-0.25, -0.2) is 0 Å². The zero-order valence-corrected chi connectivity index (χ0v) is 24.8. The number of aryl methyl sites for hydroxylation is 1. The van der Waals surface area contributed by atoms with Gasteiger partial charge in [0.2, 0.25) is 0 Å². The Bertz CT molecular complexity index is 1240. The molecule has 2 aliphatic rings. The molecule has 1 aliphatic carbocycles. The number of amides is 1. The molecule has 1 saturated carbocycles. The molecule has 1 atom stereocenters. The Labute approximate surface area is 234 Å². The van der Waals surface area contributed by atoms with Gasteiger partial charge in [0.1, 0.15) is 6.23 Å². The Morgan fingerprint density at radius 2 is 1.62 bits per heavy atom. The number of hydrogen-bond acceptors (Lipinski definition) is 5. The number of nitrogens with zero attached hydrogens (tertiary/aromatic N) is 2. The van der Waals surface area contributed by atoms with Crippen LogP contribution in [0.2, 0.25) is 0 Å². The largest absolute Gasteiger partial charge is 0.370 e. The van der Waals surface area contributed by atoms with Gasteiger partial charge in [-0.2, -0.15) is 0 Å². The van der Waals surface area contributed by atoms with Gasteiger partial charge in [0.15, 0.2) is 0 Å². The van der Waals surface area contributed by atoms with E-state index >= 15 is 0 Å². The van der Waals surface area contributed by atoms with E-state index in [0.29, 0.717) is 17.6 Å². The number of hydrogen-bond donors (Lipinski definition) is 3. The van der Waals surface area contributed by atoms with Crippen LogP contribution in [0.1, 0.15) is 67.9 Å². The second-order valence-corrected chi connectivity index (χ2v) is 11.5. The third-order valence-corrected chi connectivity index (χ3v) is 8.57. The number of allylic oxidation sites excluding steroid dienone is 3. The summed E-state index contributed by atoms with van der Waals surface area (Å²) in [4.78, 5) is 18.6. The van der Waals surface area contributed by atoms with Gasteiger partial charge in [-0.3, -0.25) is 4.79 Å². The lowest BCUT2D eigenvalue weighted by atomic mass is 9.88. The first-order chi connectivity index (χ1) is 18.6. The van der Waals surface area contributed by atoms with Crippen molar-refractivity contribution in [3.8, 4) is 11.1 Å². The van der Waals surface area contributed by atoms with Gasteiger partial charge in [-0.1, -0.05) is 29.8 Å². The Morgan fingerprint density at radius 3 is 2.21 bits per heavy atom. The Balaban J connectivity index is 1.68. The van der Waals surface area contributed by atoms with E-state index < -0.39 is 6.23 Å². The number of benzene rings is 2. The molecule has 1 unspecified atom stereocenters. The molecule has 0 bridgehead atoms. The van der Waals surface area contributed by atoms with E-state index in [1.807, 2.05) is 26.0 Å². The number of anilines is 1. The van der Waals surface area contributed by atoms with Crippen LogP contribution in [0.4, 0.5) is 5.69 Å². The minimum absolute atomic E-state index is 0.117. The molecule has 6 nitrogen and oxygen atoms in total. The van der Waals surface area contributed by atoms with Gasteiger partial charge in [0.05, 0.1) is 0 Å². The number of carbonyl (C=O) groups excluding carboxylic acids is 1. The minimum atomic E-state index is -0.793. The van der Waals surface area contributed by atoms with Crippen LogP contribution in [0.3, 0.4) is 0 Å². The van der Waals surface area contributed by atoms with Crippen LogP contribution in [-0.2, 0) is 0 Å². The van der Waals surface area contributed by atoms with Crippen LogP contribution in [0.15, 0.2) is 59.3 Å². The third kappa shape index (κ3) is 6.56. The van der Waals surface area contributed by atoms with Gasteiger partial charge in [0, 0.05) is 47.7 Å². The second-order valence-electron chi connectivity index (χ2n) is 11.5. The van der Waals surface area contributed by atoms with Crippen molar-refractivity contribution >= 4 is 11.6 Å². The van der Waals surface area contributed by atoms with Gasteiger partial charge < -0.3 is 25.5 Å². The lowest BCUT2D eigenvalue weighted by molar-refractivity contribution is 0.0952. The summed E-state index contributed by atoms with van der Waals surface area (Å²) in [5.74, 6) is -0.117. The zero-order chi connectivity index (χ0) is 28.3. The Hall–Kier alpha value is -3.09. The van der Waals surface area contributed by atoms with Crippen molar-refractivity contribution in [1.82, 2.24) is 15.5 Å². The summed E-state index contributed by atoms with van der Waals surface area (Å²) < 4.78 is 0. The number of nitrogens with one attached hydrogen (secondary N) is 2. The molecule has 0 saturated heterocycles. The number of carbonyl (C=O) groups is 1. The topological polar surface area (TPSA) is 67.8 Å². The van der Waals surface area contributed by atoms with Crippen molar-refractivity contribution in [2.45, 2.75) is 78.6 Å². The number of dihydropyridines is 1. The quantitative estimate of drug-likeness (QED) is 0.418. The maximum absolute atomic E-state index is 13.7. The predicted octanol–water partition coefficient (Wildman–Crippen LogP) is 5.54. The maximum atomic E-state index is 13.7. The van der Waals surface area contributed by atoms with E-state index in [1.165, 1.54) is 18.4 Å². The van der Waals surface area contributed by atoms with Crippen molar-refractivity contribution in [2.75, 3.05) is 32.1 Å². The second kappa shape index (κ2) is 12.4. The molecule has 1 fully saturated rings. The number of aliphatic hydroxyl groups excluding tert-OH is 1. The molecule has 2 aromatic carbocycles. The molecule has 0 spiro atoms. The first-order valence-corrected chi connectivity index (χ1v) is 14.3. The number of aliphatic hydroxyl groups is 1. The lowest BCUT2D eigenvalue weighted by Gasteiger charge is -2.40. The Morgan fingerprint density at radius 1 is 0.974 bits per heavy atom. The van der Waals surface area contributed by atoms with E-state index in [2.05, 4.69) is 85.6 Å². The molecule has 1 heterocycles. The molecule has 1 amide bonds. The van der Waals surface area contributed by atoms with Crippen LogP contribution < -0.4 is 15.5 Å². The van der Waals surface area contributed by atoms with Crippen LogP contribution in [0.5, 0.6) is 0 Å². The van der Waals surface area contributed by atoms with Crippen molar-refractivity contribution in [1.29, 1.82) is 0 Å². The highest BCUT2D eigenvalue weighted by Gasteiger charge is 2.28. The lowest BCUT2D eigenvalue weighted by Crippen LogP contribution is -2.42. The molecule has 0 aromatic heterocycles. The summed E-state index contributed by atoms with van der Waals surface area (Å²) >= 11 is 0. The van der Waals surface area contributed by atoms with Gasteiger partial charge >= 0.3 is 0 Å². The fourth-order valence-electron chi connectivity index (χ4n) is 6.14. The van der Waals surface area contributed by atoms with Gasteiger partial charge in [-0.15, -0.1) is 0 Å². The van der Waals surface area contributed by atoms with Gasteiger partial charge in [-0.05, 0) is 115 Å². The molecule has 210 valence electrons. The number of rotatable bonds is 8. The molecular formula is C33H46N4O2. The van der Waals surface area contributed by atoms with E-state index in [-0.39, 0.29) is 12.5 Å².